The summed E-state index contributed by atoms with van der Waals surface area (Å²) in [6.45, 7) is 0. The highest BCUT2D eigenvalue weighted by atomic mass is 16.3. The molecule has 3 heteroatoms. The van der Waals surface area contributed by atoms with E-state index >= 15 is 0 Å². The molecule has 0 unspecified atom stereocenters. The zero-order valence-corrected chi connectivity index (χ0v) is 26.6. The van der Waals surface area contributed by atoms with E-state index in [4.69, 9.17) is 4.42 Å². The second-order valence-corrected chi connectivity index (χ2v) is 12.6. The van der Waals surface area contributed by atoms with E-state index in [1.54, 1.807) is 0 Å². The highest BCUT2D eigenvalue weighted by Gasteiger charge is 2.21. The smallest absolute Gasteiger partial charge is 0.135 e. The van der Waals surface area contributed by atoms with E-state index in [9.17, 15) is 0 Å². The first-order chi connectivity index (χ1) is 24.3. The summed E-state index contributed by atoms with van der Waals surface area (Å²) in [6, 6.07) is 65.1. The minimum atomic E-state index is 0.881. The molecule has 0 fully saturated rings. The van der Waals surface area contributed by atoms with Crippen molar-refractivity contribution in [1.82, 2.24) is 4.57 Å². The second-order valence-electron chi connectivity index (χ2n) is 12.6. The summed E-state index contributed by atoms with van der Waals surface area (Å²) in [5.74, 6) is 0. The lowest BCUT2D eigenvalue weighted by Crippen LogP contribution is -2.11. The summed E-state index contributed by atoms with van der Waals surface area (Å²) in [5, 5.41) is 7.06. The second kappa shape index (κ2) is 11.0. The molecule has 0 spiro atoms. The molecule has 10 aromatic rings. The number of benzene rings is 8. The van der Waals surface area contributed by atoms with Gasteiger partial charge in [0.05, 0.1) is 16.7 Å². The van der Waals surface area contributed by atoms with Gasteiger partial charge < -0.3 is 13.9 Å². The zero-order chi connectivity index (χ0) is 32.3. The number of anilines is 3. The van der Waals surface area contributed by atoms with Gasteiger partial charge in [-0.1, -0.05) is 121 Å². The van der Waals surface area contributed by atoms with Crippen molar-refractivity contribution < 1.29 is 4.42 Å². The van der Waals surface area contributed by atoms with Gasteiger partial charge in [0.2, 0.25) is 0 Å². The molecule has 0 aliphatic rings. The van der Waals surface area contributed by atoms with Gasteiger partial charge in [-0.15, -0.1) is 0 Å². The van der Waals surface area contributed by atoms with Gasteiger partial charge in [-0.3, -0.25) is 0 Å². The minimum Gasteiger partial charge on any atom is -0.456 e. The summed E-state index contributed by atoms with van der Waals surface area (Å²) in [6.07, 6.45) is 0. The number of furan rings is 1. The Labute approximate surface area is 283 Å². The Morgan fingerprint density at radius 3 is 1.80 bits per heavy atom. The van der Waals surface area contributed by atoms with Gasteiger partial charge in [-0.25, -0.2) is 0 Å². The zero-order valence-electron chi connectivity index (χ0n) is 26.6. The van der Waals surface area contributed by atoms with Crippen LogP contribution in [0.5, 0.6) is 0 Å². The average molecular weight is 627 g/mol. The van der Waals surface area contributed by atoms with E-state index in [2.05, 4.69) is 179 Å². The maximum absolute atomic E-state index is 6.27. The van der Waals surface area contributed by atoms with Gasteiger partial charge in [-0.2, -0.15) is 0 Å². The van der Waals surface area contributed by atoms with E-state index in [1.807, 2.05) is 12.1 Å². The molecule has 0 saturated heterocycles. The fourth-order valence-electron chi connectivity index (χ4n) is 7.53. The predicted octanol–water partition coefficient (Wildman–Crippen LogP) is 13.0. The van der Waals surface area contributed by atoms with Crippen LogP contribution < -0.4 is 4.90 Å². The molecule has 8 aromatic carbocycles. The molecule has 3 nitrogen and oxygen atoms in total. The monoisotopic (exact) mass is 626 g/mol. The van der Waals surface area contributed by atoms with E-state index in [0.717, 1.165) is 44.7 Å². The van der Waals surface area contributed by atoms with Crippen LogP contribution in [-0.4, -0.2) is 4.57 Å². The predicted molar refractivity (Wildman–Crippen MR) is 206 cm³/mol. The van der Waals surface area contributed by atoms with E-state index in [0.29, 0.717) is 0 Å². The first-order valence-corrected chi connectivity index (χ1v) is 16.7. The summed E-state index contributed by atoms with van der Waals surface area (Å²) in [4.78, 5) is 2.41. The van der Waals surface area contributed by atoms with E-state index in [-0.39, 0.29) is 0 Å². The third kappa shape index (κ3) is 4.44. The number of rotatable bonds is 5. The maximum Gasteiger partial charge on any atom is 0.135 e. The fourth-order valence-corrected chi connectivity index (χ4v) is 7.53. The molecule has 0 atom stereocenters. The summed E-state index contributed by atoms with van der Waals surface area (Å²) >= 11 is 0. The molecular weight excluding hydrogens is 597 g/mol. The van der Waals surface area contributed by atoms with Crippen molar-refractivity contribution in [3.05, 3.63) is 182 Å². The van der Waals surface area contributed by atoms with Crippen molar-refractivity contribution in [3.63, 3.8) is 0 Å². The molecule has 0 amide bonds. The van der Waals surface area contributed by atoms with Crippen LogP contribution in [0.3, 0.4) is 0 Å². The topological polar surface area (TPSA) is 21.3 Å². The molecule has 2 heterocycles. The molecular formula is C46H30N2O. The van der Waals surface area contributed by atoms with E-state index in [1.165, 1.54) is 43.7 Å². The van der Waals surface area contributed by atoms with Gasteiger partial charge in [0.15, 0.2) is 0 Å². The Balaban J connectivity index is 1.28. The molecule has 0 aliphatic heterocycles. The van der Waals surface area contributed by atoms with Crippen LogP contribution in [0, 0.1) is 0 Å². The first kappa shape index (κ1) is 27.5. The van der Waals surface area contributed by atoms with Crippen molar-refractivity contribution in [1.29, 1.82) is 0 Å². The molecule has 0 aliphatic carbocycles. The SMILES string of the molecule is c1ccc(-c2cccc(N(c3ccc4oc5ccccc5c4c3)c3cc(-n4c5ccccc5c5ccccc54)cc4ccccc34)c2)cc1. The van der Waals surface area contributed by atoms with Gasteiger partial charge in [-0.05, 0) is 77.2 Å². The molecule has 2 aromatic heterocycles. The normalized spacial score (nSPS) is 11.7. The number of para-hydroxylation sites is 3. The molecule has 0 saturated carbocycles. The lowest BCUT2D eigenvalue weighted by molar-refractivity contribution is 0.669. The van der Waals surface area contributed by atoms with Crippen molar-refractivity contribution in [2.75, 3.05) is 4.90 Å². The summed E-state index contributed by atoms with van der Waals surface area (Å²) in [7, 11) is 0. The van der Waals surface area contributed by atoms with Gasteiger partial charge in [0, 0.05) is 44.0 Å². The van der Waals surface area contributed by atoms with Crippen LogP contribution in [0.2, 0.25) is 0 Å². The molecule has 0 bridgehead atoms. The first-order valence-electron chi connectivity index (χ1n) is 16.7. The Morgan fingerprint density at radius 2 is 1.00 bits per heavy atom. The lowest BCUT2D eigenvalue weighted by atomic mass is 10.0. The molecule has 49 heavy (non-hydrogen) atoms. The quantitative estimate of drug-likeness (QED) is 0.190. The molecule has 10 rings (SSSR count). The number of fused-ring (bicyclic) bond motifs is 7. The lowest BCUT2D eigenvalue weighted by Gasteiger charge is -2.28. The highest BCUT2D eigenvalue weighted by molar-refractivity contribution is 6.11. The van der Waals surface area contributed by atoms with Crippen molar-refractivity contribution in [2.24, 2.45) is 0 Å². The minimum absolute atomic E-state index is 0.881. The number of hydrogen-bond donors (Lipinski definition) is 0. The Hall–Kier alpha value is -6.58. The summed E-state index contributed by atoms with van der Waals surface area (Å²) < 4.78 is 8.68. The van der Waals surface area contributed by atoms with Crippen LogP contribution in [0.25, 0.3) is 71.3 Å². The maximum atomic E-state index is 6.27. The van der Waals surface area contributed by atoms with Crippen LogP contribution in [0.4, 0.5) is 17.1 Å². The number of aromatic nitrogens is 1. The highest BCUT2D eigenvalue weighted by Crippen LogP contribution is 2.44. The third-order valence-electron chi connectivity index (χ3n) is 9.73. The average Bonchev–Trinajstić information content (AvgIpc) is 3.71. The molecule has 230 valence electrons. The van der Waals surface area contributed by atoms with Crippen molar-refractivity contribution in [2.45, 2.75) is 0 Å². The third-order valence-corrected chi connectivity index (χ3v) is 9.73. The number of hydrogen-bond acceptors (Lipinski definition) is 2. The Kier molecular flexibility index (Phi) is 6.18. The van der Waals surface area contributed by atoms with Gasteiger partial charge in [0.25, 0.3) is 0 Å². The van der Waals surface area contributed by atoms with E-state index < -0.39 is 0 Å². The Morgan fingerprint density at radius 1 is 0.388 bits per heavy atom. The van der Waals surface area contributed by atoms with Gasteiger partial charge >= 0.3 is 0 Å². The molecule has 0 radical (unpaired) electrons. The van der Waals surface area contributed by atoms with Crippen LogP contribution in [-0.2, 0) is 0 Å². The van der Waals surface area contributed by atoms with Crippen molar-refractivity contribution in [3.8, 4) is 16.8 Å². The summed E-state index contributed by atoms with van der Waals surface area (Å²) in [5.41, 5.74) is 10.9. The van der Waals surface area contributed by atoms with Crippen LogP contribution in [0.15, 0.2) is 186 Å². The largest absolute Gasteiger partial charge is 0.456 e. The standard InChI is InChI=1S/C46H30N2O/c1-2-13-31(14-3-1)32-16-12-17-34(27-32)47(35-25-26-46-41(29-35)40-21-8-11-24-45(40)49-46)44-30-36(28-33-15-4-5-18-37(33)44)48-42-22-9-6-19-38(42)39-20-7-10-23-43(39)48/h1-30H. The number of nitrogens with zero attached hydrogens (tertiary/aromatic N) is 2. The Bertz CT molecular complexity index is 2790. The molecule has 0 N–H and O–H groups in total. The van der Waals surface area contributed by atoms with Crippen LogP contribution in [0.1, 0.15) is 0 Å². The fraction of sp³-hybridized carbons (Fsp3) is 0. The van der Waals surface area contributed by atoms with Gasteiger partial charge in [0.1, 0.15) is 11.2 Å². The van der Waals surface area contributed by atoms with Crippen molar-refractivity contribution >= 4 is 71.6 Å². The van der Waals surface area contributed by atoms with Crippen LogP contribution >= 0.6 is 0 Å².